The van der Waals surface area contributed by atoms with Crippen LogP contribution in [-0.4, -0.2) is 94.1 Å². The second-order valence-electron chi connectivity index (χ2n) is 37.3. The molecule has 22 heteroatoms. The number of rotatable bonds is 16. The van der Waals surface area contributed by atoms with E-state index in [2.05, 4.69) is 293 Å². The third-order valence-corrected chi connectivity index (χ3v) is 21.9. The van der Waals surface area contributed by atoms with Crippen LogP contribution in [0.15, 0.2) is 192 Å². The fourth-order valence-electron chi connectivity index (χ4n) is 14.0. The molecule has 2 N–H and O–H groups in total. The molecule has 7 aromatic carbocycles. The van der Waals surface area contributed by atoms with Crippen molar-refractivity contribution in [2.75, 3.05) is 27.9 Å². The van der Waals surface area contributed by atoms with Crippen molar-refractivity contribution in [3.8, 4) is 38.7 Å². The summed E-state index contributed by atoms with van der Waals surface area (Å²) in [6.45, 7) is 58.8. The molecule has 0 radical (unpaired) electrons. The highest BCUT2D eigenvalue weighted by atomic mass is 32.2. The number of ether oxygens (including phenoxy) is 3. The highest BCUT2D eigenvalue weighted by Crippen LogP contribution is 2.40. The van der Waals surface area contributed by atoms with Crippen LogP contribution in [0.4, 0.5) is 0 Å². The number of hydrogen-bond donors (Lipinski definition) is 1. The Morgan fingerprint density at radius 1 is 0.442 bits per heavy atom. The lowest BCUT2D eigenvalue weighted by molar-refractivity contribution is 0.186. The Balaban J connectivity index is 0.000000175. The molecule has 0 aliphatic carbocycles. The number of fused-ring (bicyclic) bond motifs is 5. The molecule has 120 heavy (non-hydrogen) atoms. The quantitative estimate of drug-likeness (QED) is 0.0889. The molecular weight excluding hydrogens is 1550 g/mol. The van der Waals surface area contributed by atoms with Gasteiger partial charge in [0, 0.05) is 83.2 Å². The van der Waals surface area contributed by atoms with E-state index in [4.69, 9.17) is 49.5 Å². The average molecular weight is 1680 g/mol. The molecule has 0 amide bonds. The Hall–Kier alpha value is -10.2. The van der Waals surface area contributed by atoms with Crippen molar-refractivity contribution in [3.05, 3.63) is 228 Å². The normalized spacial score (nSPS) is 12.1. The minimum atomic E-state index is -3.69. The number of nitrogens with zero attached hydrogens (tertiary/aromatic N) is 13. The van der Waals surface area contributed by atoms with E-state index < -0.39 is 10.0 Å². The van der Waals surface area contributed by atoms with Crippen molar-refractivity contribution in [2.45, 2.75) is 243 Å². The predicted molar refractivity (Wildman–Crippen MR) is 502 cm³/mol. The summed E-state index contributed by atoms with van der Waals surface area (Å²) in [5.41, 5.74) is 15.8. The number of allylic oxidation sites excluding steroid dienone is 1. The first kappa shape index (κ1) is 95.3. The highest BCUT2D eigenvalue weighted by molar-refractivity contribution is 7.89. The molecule has 0 saturated carbocycles. The van der Waals surface area contributed by atoms with Crippen LogP contribution < -0.4 is 14.6 Å². The third-order valence-electron chi connectivity index (χ3n) is 19.1. The van der Waals surface area contributed by atoms with Crippen LogP contribution in [0.1, 0.15) is 206 Å². The van der Waals surface area contributed by atoms with E-state index in [0.717, 1.165) is 128 Å². The number of aromatic nitrogens is 12. The van der Waals surface area contributed by atoms with Gasteiger partial charge in [-0.15, -0.1) is 29.3 Å². The summed E-state index contributed by atoms with van der Waals surface area (Å²) in [4.78, 5) is 33.0. The van der Waals surface area contributed by atoms with Crippen molar-refractivity contribution in [2.24, 2.45) is 16.0 Å². The van der Waals surface area contributed by atoms with Gasteiger partial charge in [0.15, 0.2) is 11.5 Å². The largest absolute Gasteiger partial charge is 0.493 e. The lowest BCUT2D eigenvalue weighted by Crippen LogP contribution is -2.20. The third kappa shape index (κ3) is 25.5. The molecule has 640 valence electrons. The molecule has 14 aromatic rings. The van der Waals surface area contributed by atoms with E-state index >= 15 is 0 Å². The Kier molecular flexibility index (Phi) is 32.2. The number of aryl methyl sites for hydroxylation is 3. The van der Waals surface area contributed by atoms with E-state index in [-0.39, 0.29) is 37.4 Å². The topological polar surface area (TPSA) is 227 Å². The highest BCUT2D eigenvalue weighted by Gasteiger charge is 2.28. The fourth-order valence-corrected chi connectivity index (χ4v) is 16.2. The second kappa shape index (κ2) is 40.5. The molecule has 0 spiro atoms. The maximum Gasteiger partial charge on any atom is 0.238 e. The van der Waals surface area contributed by atoms with Gasteiger partial charge in [-0.2, -0.15) is 5.26 Å². The molecule has 7 aromatic heterocycles. The van der Waals surface area contributed by atoms with Crippen LogP contribution >= 0.6 is 22.7 Å². The summed E-state index contributed by atoms with van der Waals surface area (Å²) in [6.07, 6.45) is 4.44. The number of nitriles is 1. The zero-order valence-corrected chi connectivity index (χ0v) is 78.5. The van der Waals surface area contributed by atoms with Gasteiger partial charge in [-0.3, -0.25) is 0 Å². The zero-order valence-electron chi connectivity index (χ0n) is 76.0. The molecule has 0 saturated heterocycles. The molecule has 0 atom stereocenters. The number of hydrogen-bond acceptors (Lipinski definition) is 15. The standard InChI is InChI=1S/C16H21NO2S.C14H17N3.C14H20N2O.C14H18N2.C14H17NS.C13H19N3O2S.C13H18N2/c1-16(2,3)9-11-10-20-15(17-11)12-7-6-8-13(18-4)14(12)19-5;1-14(2,3)13-16-11-7-4-5-8-12(11)17(13)10-6-9-15;1-14(2,3)13-15-11-7-5-6-8-12(11)16(13)9-10-17-4;1-5-10-16-12-9-7-6-8-11(12)15-13(16)14(2,3)4;1-14(2,3)9-12-10-16-13(15-12)11-7-5-4-6-8-11;1-5-16-11-7-6-9(19(14,17)18)8-10(11)15-12(16)13(2,3)4;1-5-15-11-9-7-6-8-10(11)14-12(15)13(2,3)4/h6-8,10H,9H2,1-5H3;4-5,7-8H,6,10H2,1-3H3;5-8H,9-10H2,1-4H3;5-9H,1,10H2,2-4H3;4-8,10H,9H2,1-3H3;6-8H,5H2,1-4H3,(H2,14,17,18);6-9H,5H2,1-4H3. The molecular formula is C98H130N14O5S3. The Morgan fingerprint density at radius 2 is 0.817 bits per heavy atom. The first-order valence-corrected chi connectivity index (χ1v) is 44.6. The van der Waals surface area contributed by atoms with Crippen molar-refractivity contribution in [3.63, 3.8) is 0 Å². The van der Waals surface area contributed by atoms with Gasteiger partial charge in [0.25, 0.3) is 0 Å². The summed E-state index contributed by atoms with van der Waals surface area (Å²) in [7, 11) is 1.35. The smallest absolute Gasteiger partial charge is 0.238 e. The number of primary sulfonamides is 1. The summed E-state index contributed by atoms with van der Waals surface area (Å²) in [5.74, 6) is 6.88. The lowest BCUT2D eigenvalue weighted by Gasteiger charge is -2.20. The van der Waals surface area contributed by atoms with Crippen molar-refractivity contribution in [1.29, 1.82) is 5.26 Å². The van der Waals surface area contributed by atoms with Crippen LogP contribution in [0.5, 0.6) is 11.5 Å². The predicted octanol–water partition coefficient (Wildman–Crippen LogP) is 23.9. The molecule has 0 aliphatic heterocycles. The van der Waals surface area contributed by atoms with Crippen LogP contribution in [0.3, 0.4) is 0 Å². The Labute approximate surface area is 722 Å². The zero-order chi connectivity index (χ0) is 88.5. The number of benzene rings is 7. The summed E-state index contributed by atoms with van der Waals surface area (Å²) in [5, 5.41) is 20.3. The second-order valence-corrected chi connectivity index (χ2v) is 40.6. The van der Waals surface area contributed by atoms with E-state index in [1.54, 1.807) is 50.1 Å². The van der Waals surface area contributed by atoms with Crippen LogP contribution in [0.25, 0.3) is 76.3 Å². The minimum Gasteiger partial charge on any atom is -0.493 e. The first-order chi connectivity index (χ1) is 56.3. The Bertz CT molecular complexity index is 5840. The van der Waals surface area contributed by atoms with Gasteiger partial charge in [0.2, 0.25) is 10.0 Å². The van der Waals surface area contributed by atoms with E-state index in [1.165, 1.54) is 45.8 Å². The Morgan fingerprint density at radius 3 is 1.21 bits per heavy atom. The van der Waals surface area contributed by atoms with E-state index in [0.29, 0.717) is 30.5 Å². The summed E-state index contributed by atoms with van der Waals surface area (Å²) < 4.78 is 49.8. The van der Waals surface area contributed by atoms with Gasteiger partial charge in [0.1, 0.15) is 39.1 Å². The average Bonchev–Trinajstić information content (AvgIpc) is 1.64. The van der Waals surface area contributed by atoms with Crippen LogP contribution in [0, 0.1) is 22.2 Å². The molecule has 0 unspecified atom stereocenters. The lowest BCUT2D eigenvalue weighted by atomic mass is 9.91. The van der Waals surface area contributed by atoms with Gasteiger partial charge in [-0.1, -0.05) is 236 Å². The van der Waals surface area contributed by atoms with Gasteiger partial charge in [0.05, 0.1) is 110 Å². The summed E-state index contributed by atoms with van der Waals surface area (Å²) >= 11 is 3.38. The van der Waals surface area contributed by atoms with Crippen LogP contribution in [0.2, 0.25) is 0 Å². The monoisotopic (exact) mass is 1680 g/mol. The van der Waals surface area contributed by atoms with E-state index in [9.17, 15) is 8.42 Å². The SMILES string of the molecule is C=CCn1c(C(C)(C)C)nc2ccccc21.CC(C)(C)Cc1csc(-c2ccccc2)n1.CC(C)(C)c1nc2ccccc2n1CCC#N.CCn1c(C(C)(C)C)nc2cc(S(N)(=O)=O)ccc21.CCn1c(C(C)(C)C)nc2ccccc21.COCCn1c(C(C)(C)C)nc2ccccc21.COc1cccc(-c2nc(CC(C)(C)C)cs2)c1OC. The van der Waals surface area contributed by atoms with Gasteiger partial charge in [-0.05, 0) is 116 Å². The van der Waals surface area contributed by atoms with Gasteiger partial charge < -0.3 is 37.0 Å². The maximum atomic E-state index is 11.4. The number of sulfonamides is 1. The first-order valence-electron chi connectivity index (χ1n) is 41.3. The number of thiazole rings is 2. The molecule has 0 bridgehead atoms. The van der Waals surface area contributed by atoms with Gasteiger partial charge >= 0.3 is 0 Å². The van der Waals surface area contributed by atoms with Crippen LogP contribution in [-0.2, 0) is 87.4 Å². The fraction of sp³-hybridized carbons (Fsp3) is 0.429. The van der Waals surface area contributed by atoms with Crippen molar-refractivity contribution in [1.82, 2.24) is 57.7 Å². The number of nitrogens with two attached hydrogens (primary N) is 1. The molecule has 14 rings (SSSR count). The molecule has 0 aliphatic rings. The molecule has 19 nitrogen and oxygen atoms in total. The van der Waals surface area contributed by atoms with Crippen molar-refractivity contribution >= 4 is 87.9 Å². The molecule has 0 fully saturated rings. The van der Waals surface area contributed by atoms with E-state index in [1.807, 2.05) is 73.7 Å². The maximum absolute atomic E-state index is 11.4. The van der Waals surface area contributed by atoms with Gasteiger partial charge in [-0.25, -0.2) is 48.4 Å². The molecule has 7 heterocycles. The van der Waals surface area contributed by atoms with Crippen molar-refractivity contribution < 1.29 is 22.6 Å². The number of para-hydroxylation sites is 9. The summed E-state index contributed by atoms with van der Waals surface area (Å²) in [6, 6.07) is 56.2. The number of methoxy groups -OCH3 is 3. The number of imidazole rings is 5. The minimum absolute atomic E-state index is 0.00548.